The van der Waals surface area contributed by atoms with Gasteiger partial charge in [-0.15, -0.1) is 0 Å². The normalized spacial score (nSPS) is 27.3. The summed E-state index contributed by atoms with van der Waals surface area (Å²) in [5.74, 6) is -1.26. The summed E-state index contributed by atoms with van der Waals surface area (Å²) in [6.45, 7) is 3.97. The van der Waals surface area contributed by atoms with Crippen molar-refractivity contribution >= 4 is 5.97 Å². The largest absolute Gasteiger partial charge is 0.467 e. The molecule has 5 nitrogen and oxygen atoms in total. The SMILES string of the molecule is COC(=O)[C@H](O)C[C@H]1COC(C)(C)O1. The lowest BCUT2D eigenvalue weighted by Gasteiger charge is -2.17. The fourth-order valence-corrected chi connectivity index (χ4v) is 1.36. The monoisotopic (exact) mass is 204 g/mol. The molecule has 1 heterocycles. The van der Waals surface area contributed by atoms with Crippen LogP contribution in [-0.4, -0.2) is 42.8 Å². The number of methoxy groups -OCH3 is 1. The zero-order chi connectivity index (χ0) is 10.8. The quantitative estimate of drug-likeness (QED) is 0.659. The first-order valence-electron chi connectivity index (χ1n) is 4.52. The number of esters is 1. The van der Waals surface area contributed by atoms with E-state index in [9.17, 15) is 9.90 Å². The Bertz CT molecular complexity index is 213. The van der Waals surface area contributed by atoms with Gasteiger partial charge >= 0.3 is 5.97 Å². The summed E-state index contributed by atoms with van der Waals surface area (Å²) in [7, 11) is 1.24. The fourth-order valence-electron chi connectivity index (χ4n) is 1.36. The van der Waals surface area contributed by atoms with Gasteiger partial charge in [-0.3, -0.25) is 0 Å². The lowest BCUT2D eigenvalue weighted by Crippen LogP contribution is -2.29. The van der Waals surface area contributed by atoms with Crippen molar-refractivity contribution in [2.24, 2.45) is 0 Å². The van der Waals surface area contributed by atoms with Crippen molar-refractivity contribution in [2.45, 2.75) is 38.3 Å². The van der Waals surface area contributed by atoms with Crippen molar-refractivity contribution in [1.82, 2.24) is 0 Å². The van der Waals surface area contributed by atoms with Gasteiger partial charge in [0.15, 0.2) is 11.9 Å². The summed E-state index contributed by atoms with van der Waals surface area (Å²) in [6.07, 6.45) is -1.18. The van der Waals surface area contributed by atoms with E-state index in [0.717, 1.165) is 0 Å². The molecule has 1 saturated heterocycles. The fraction of sp³-hybridized carbons (Fsp3) is 0.889. The molecular weight excluding hydrogens is 188 g/mol. The van der Waals surface area contributed by atoms with E-state index < -0.39 is 17.9 Å². The van der Waals surface area contributed by atoms with Gasteiger partial charge in [-0.05, 0) is 13.8 Å². The van der Waals surface area contributed by atoms with E-state index in [0.29, 0.717) is 6.61 Å². The Kier molecular flexibility index (Phi) is 3.47. The van der Waals surface area contributed by atoms with Gasteiger partial charge in [0, 0.05) is 6.42 Å². The van der Waals surface area contributed by atoms with E-state index in [4.69, 9.17) is 9.47 Å². The number of aliphatic hydroxyl groups excluding tert-OH is 1. The molecule has 0 aromatic rings. The molecule has 0 bridgehead atoms. The minimum atomic E-state index is -1.14. The van der Waals surface area contributed by atoms with Crippen LogP contribution in [0.2, 0.25) is 0 Å². The third-order valence-corrected chi connectivity index (χ3v) is 2.03. The average Bonchev–Trinajstić information content (AvgIpc) is 2.44. The summed E-state index contributed by atoms with van der Waals surface area (Å²) in [5, 5.41) is 9.34. The number of carbonyl (C=O) groups excluding carboxylic acids is 1. The smallest absolute Gasteiger partial charge is 0.334 e. The highest BCUT2D eigenvalue weighted by molar-refractivity contribution is 5.74. The number of carbonyl (C=O) groups is 1. The van der Waals surface area contributed by atoms with Gasteiger partial charge in [0.25, 0.3) is 0 Å². The maximum atomic E-state index is 10.9. The molecule has 0 aromatic heterocycles. The molecule has 0 spiro atoms. The molecule has 14 heavy (non-hydrogen) atoms. The Balaban J connectivity index is 2.36. The van der Waals surface area contributed by atoms with E-state index in [1.165, 1.54) is 7.11 Å². The second-order valence-electron chi connectivity index (χ2n) is 3.73. The number of hydrogen-bond donors (Lipinski definition) is 1. The lowest BCUT2D eigenvalue weighted by molar-refractivity contribution is -0.157. The summed E-state index contributed by atoms with van der Waals surface area (Å²) in [5.41, 5.74) is 0. The molecule has 82 valence electrons. The van der Waals surface area contributed by atoms with Crippen LogP contribution >= 0.6 is 0 Å². The molecule has 1 aliphatic rings. The van der Waals surface area contributed by atoms with E-state index in [-0.39, 0.29) is 12.5 Å². The summed E-state index contributed by atoms with van der Waals surface area (Å²) >= 11 is 0. The van der Waals surface area contributed by atoms with Crippen LogP contribution in [0.1, 0.15) is 20.3 Å². The first kappa shape index (κ1) is 11.4. The molecule has 1 N–H and O–H groups in total. The van der Waals surface area contributed by atoms with Crippen LogP contribution in [0.4, 0.5) is 0 Å². The van der Waals surface area contributed by atoms with Crippen LogP contribution in [0.15, 0.2) is 0 Å². The Morgan fingerprint density at radius 1 is 1.71 bits per heavy atom. The van der Waals surface area contributed by atoms with Crippen LogP contribution in [0.3, 0.4) is 0 Å². The zero-order valence-electron chi connectivity index (χ0n) is 8.65. The van der Waals surface area contributed by atoms with Crippen LogP contribution in [-0.2, 0) is 19.0 Å². The maximum absolute atomic E-state index is 10.9. The number of ether oxygens (including phenoxy) is 3. The minimum Gasteiger partial charge on any atom is -0.467 e. The van der Waals surface area contributed by atoms with E-state index >= 15 is 0 Å². The minimum absolute atomic E-state index is 0.204. The third kappa shape index (κ3) is 2.94. The van der Waals surface area contributed by atoms with Gasteiger partial charge in [0.05, 0.1) is 19.8 Å². The van der Waals surface area contributed by atoms with Crippen LogP contribution in [0.5, 0.6) is 0 Å². The Labute approximate surface area is 82.9 Å². The molecule has 0 unspecified atom stereocenters. The van der Waals surface area contributed by atoms with E-state index in [1.54, 1.807) is 13.8 Å². The summed E-state index contributed by atoms with van der Waals surface area (Å²) < 4.78 is 15.1. The van der Waals surface area contributed by atoms with Crippen molar-refractivity contribution in [2.75, 3.05) is 13.7 Å². The summed E-state index contributed by atoms with van der Waals surface area (Å²) in [6, 6.07) is 0. The maximum Gasteiger partial charge on any atom is 0.334 e. The Hall–Kier alpha value is -0.650. The first-order valence-corrected chi connectivity index (χ1v) is 4.52. The zero-order valence-corrected chi connectivity index (χ0v) is 8.65. The van der Waals surface area contributed by atoms with Gasteiger partial charge in [-0.1, -0.05) is 0 Å². The van der Waals surface area contributed by atoms with Crippen molar-refractivity contribution in [3.63, 3.8) is 0 Å². The average molecular weight is 204 g/mol. The Morgan fingerprint density at radius 3 is 2.79 bits per heavy atom. The predicted molar refractivity (Wildman–Crippen MR) is 47.5 cm³/mol. The van der Waals surface area contributed by atoms with E-state index in [1.807, 2.05) is 0 Å². The number of hydrogen-bond acceptors (Lipinski definition) is 5. The van der Waals surface area contributed by atoms with Crippen molar-refractivity contribution < 1.29 is 24.1 Å². The number of rotatable bonds is 3. The molecule has 2 atom stereocenters. The highest BCUT2D eigenvalue weighted by Gasteiger charge is 2.35. The van der Waals surface area contributed by atoms with Crippen molar-refractivity contribution in [3.05, 3.63) is 0 Å². The molecule has 0 aromatic carbocycles. The Morgan fingerprint density at radius 2 is 2.36 bits per heavy atom. The van der Waals surface area contributed by atoms with Gasteiger partial charge in [0.1, 0.15) is 0 Å². The molecule has 0 saturated carbocycles. The van der Waals surface area contributed by atoms with Crippen LogP contribution in [0.25, 0.3) is 0 Å². The second kappa shape index (κ2) is 4.25. The molecule has 0 amide bonds. The van der Waals surface area contributed by atoms with Crippen molar-refractivity contribution in [3.8, 4) is 0 Å². The highest BCUT2D eigenvalue weighted by Crippen LogP contribution is 2.24. The molecular formula is C9H16O5. The number of aliphatic hydroxyl groups is 1. The standard InChI is InChI=1S/C9H16O5/c1-9(2)13-5-6(14-9)4-7(10)8(11)12-3/h6-7,10H,4-5H2,1-3H3/t6-,7+/m0/s1. The molecule has 0 radical (unpaired) electrons. The predicted octanol–water partition coefficient (Wildman–Crippen LogP) is 0.0619. The molecule has 1 aliphatic heterocycles. The molecule has 1 rings (SSSR count). The topological polar surface area (TPSA) is 65.0 Å². The molecule has 5 heteroatoms. The summed E-state index contributed by atoms with van der Waals surface area (Å²) in [4.78, 5) is 10.9. The van der Waals surface area contributed by atoms with Gasteiger partial charge in [0.2, 0.25) is 0 Å². The second-order valence-corrected chi connectivity index (χ2v) is 3.73. The lowest BCUT2D eigenvalue weighted by atomic mass is 10.2. The van der Waals surface area contributed by atoms with Gasteiger partial charge in [-0.25, -0.2) is 4.79 Å². The van der Waals surface area contributed by atoms with Crippen LogP contribution in [0, 0.1) is 0 Å². The van der Waals surface area contributed by atoms with E-state index in [2.05, 4.69) is 4.74 Å². The van der Waals surface area contributed by atoms with Gasteiger partial charge < -0.3 is 19.3 Å². The molecule has 1 fully saturated rings. The van der Waals surface area contributed by atoms with Crippen molar-refractivity contribution in [1.29, 1.82) is 0 Å². The van der Waals surface area contributed by atoms with Crippen LogP contribution < -0.4 is 0 Å². The molecule has 0 aliphatic carbocycles. The highest BCUT2D eigenvalue weighted by atomic mass is 16.7. The third-order valence-electron chi connectivity index (χ3n) is 2.03. The first-order chi connectivity index (χ1) is 6.44. The van der Waals surface area contributed by atoms with Gasteiger partial charge in [-0.2, -0.15) is 0 Å².